The third-order valence-electron chi connectivity index (χ3n) is 1.35. The van der Waals surface area contributed by atoms with Crippen LogP contribution >= 0.6 is 0 Å². The van der Waals surface area contributed by atoms with Gasteiger partial charge in [0.1, 0.15) is 5.70 Å². The van der Waals surface area contributed by atoms with Crippen molar-refractivity contribution in [2.45, 2.75) is 20.3 Å². The molecule has 0 aromatic rings. The van der Waals surface area contributed by atoms with Gasteiger partial charge in [0, 0.05) is 6.54 Å². The fourth-order valence-corrected chi connectivity index (χ4v) is 0.786. The number of allylic oxidation sites excluding steroid dienone is 2. The highest BCUT2D eigenvalue weighted by atomic mass is 16.5. The predicted molar refractivity (Wildman–Crippen MR) is 53.2 cm³/mol. The molecule has 0 aliphatic rings. The van der Waals surface area contributed by atoms with E-state index in [1.807, 2.05) is 6.92 Å². The van der Waals surface area contributed by atoms with Crippen molar-refractivity contribution in [2.24, 2.45) is 0 Å². The molecule has 74 valence electrons. The Kier molecular flexibility index (Phi) is 6.69. The molecule has 0 saturated heterocycles. The van der Waals surface area contributed by atoms with E-state index in [9.17, 15) is 4.79 Å². The number of carbonyl (C=O) groups is 1. The second-order valence-corrected chi connectivity index (χ2v) is 2.46. The molecule has 0 aromatic carbocycles. The Hall–Kier alpha value is -1.25. The summed E-state index contributed by atoms with van der Waals surface area (Å²) in [6.45, 7) is 8.49. The summed E-state index contributed by atoms with van der Waals surface area (Å²) in [7, 11) is 0. The average Bonchev–Trinajstić information content (AvgIpc) is 2.12. The van der Waals surface area contributed by atoms with Gasteiger partial charge in [0.2, 0.25) is 0 Å². The number of esters is 1. The predicted octanol–water partition coefficient (Wildman–Crippen LogP) is 1.62. The topological polar surface area (TPSA) is 38.3 Å². The largest absolute Gasteiger partial charge is 0.461 e. The lowest BCUT2D eigenvalue weighted by Crippen LogP contribution is -2.22. The lowest BCUT2D eigenvalue weighted by Gasteiger charge is -2.07. The van der Waals surface area contributed by atoms with Gasteiger partial charge >= 0.3 is 5.97 Å². The fraction of sp³-hybridized carbons (Fsp3) is 0.500. The zero-order valence-corrected chi connectivity index (χ0v) is 8.30. The lowest BCUT2D eigenvalue weighted by molar-refractivity contribution is -0.138. The summed E-state index contributed by atoms with van der Waals surface area (Å²) in [5, 5.41) is 2.97. The summed E-state index contributed by atoms with van der Waals surface area (Å²) in [5.41, 5.74) is 0.471. The normalized spacial score (nSPS) is 10.8. The lowest BCUT2D eigenvalue weighted by atomic mass is 10.3. The molecule has 0 spiro atoms. The van der Waals surface area contributed by atoms with Crippen LogP contribution in [-0.4, -0.2) is 19.1 Å². The molecule has 0 aliphatic carbocycles. The first-order valence-corrected chi connectivity index (χ1v) is 4.49. The van der Waals surface area contributed by atoms with Crippen molar-refractivity contribution >= 4 is 5.97 Å². The minimum atomic E-state index is -0.323. The van der Waals surface area contributed by atoms with Crippen LogP contribution in [0.15, 0.2) is 24.4 Å². The maximum absolute atomic E-state index is 11.2. The van der Waals surface area contributed by atoms with E-state index in [1.165, 1.54) is 0 Å². The van der Waals surface area contributed by atoms with E-state index in [4.69, 9.17) is 4.74 Å². The van der Waals surface area contributed by atoms with Crippen LogP contribution < -0.4 is 5.32 Å². The Bertz CT molecular complexity index is 197. The van der Waals surface area contributed by atoms with Crippen molar-refractivity contribution in [2.75, 3.05) is 13.2 Å². The van der Waals surface area contributed by atoms with Gasteiger partial charge in [0.25, 0.3) is 0 Å². The molecule has 0 unspecified atom stereocenters. The van der Waals surface area contributed by atoms with Gasteiger partial charge in [-0.05, 0) is 19.4 Å². The SMILES string of the molecule is C=CC=C(NCCC)C(=O)OCC. The van der Waals surface area contributed by atoms with Gasteiger partial charge in [-0.1, -0.05) is 19.6 Å². The van der Waals surface area contributed by atoms with Gasteiger partial charge in [-0.3, -0.25) is 0 Å². The summed E-state index contributed by atoms with van der Waals surface area (Å²) in [6.07, 6.45) is 4.15. The molecule has 0 fully saturated rings. The van der Waals surface area contributed by atoms with Crippen molar-refractivity contribution in [1.29, 1.82) is 0 Å². The second-order valence-electron chi connectivity index (χ2n) is 2.46. The minimum Gasteiger partial charge on any atom is -0.461 e. The van der Waals surface area contributed by atoms with Crippen LogP contribution in [0.3, 0.4) is 0 Å². The molecule has 0 rings (SSSR count). The highest BCUT2D eigenvalue weighted by molar-refractivity contribution is 5.88. The Labute approximate surface area is 79.5 Å². The first-order valence-electron chi connectivity index (χ1n) is 4.49. The van der Waals surface area contributed by atoms with E-state index in [2.05, 4.69) is 11.9 Å². The zero-order valence-electron chi connectivity index (χ0n) is 8.30. The highest BCUT2D eigenvalue weighted by Gasteiger charge is 2.07. The Morgan fingerprint density at radius 1 is 1.54 bits per heavy atom. The first kappa shape index (κ1) is 11.8. The second kappa shape index (κ2) is 7.40. The molecule has 3 heteroatoms. The third kappa shape index (κ3) is 5.06. The maximum Gasteiger partial charge on any atom is 0.354 e. The Morgan fingerprint density at radius 2 is 2.23 bits per heavy atom. The molecule has 0 radical (unpaired) electrons. The van der Waals surface area contributed by atoms with E-state index in [-0.39, 0.29) is 5.97 Å². The van der Waals surface area contributed by atoms with Gasteiger partial charge in [-0.15, -0.1) is 0 Å². The highest BCUT2D eigenvalue weighted by Crippen LogP contribution is 1.94. The molecular formula is C10H17NO2. The number of nitrogens with one attached hydrogen (secondary N) is 1. The average molecular weight is 183 g/mol. The number of hydrogen-bond acceptors (Lipinski definition) is 3. The summed E-state index contributed by atoms with van der Waals surface area (Å²) < 4.78 is 4.84. The van der Waals surface area contributed by atoms with E-state index in [1.54, 1.807) is 19.1 Å². The minimum absolute atomic E-state index is 0.323. The zero-order chi connectivity index (χ0) is 10.1. The molecule has 0 aromatic heterocycles. The van der Waals surface area contributed by atoms with E-state index in [0.29, 0.717) is 12.3 Å². The van der Waals surface area contributed by atoms with Gasteiger partial charge in [0.05, 0.1) is 6.61 Å². The molecule has 3 nitrogen and oxygen atoms in total. The third-order valence-corrected chi connectivity index (χ3v) is 1.35. The van der Waals surface area contributed by atoms with Gasteiger partial charge < -0.3 is 10.1 Å². The number of ether oxygens (including phenoxy) is 1. The van der Waals surface area contributed by atoms with Crippen LogP contribution in [0.25, 0.3) is 0 Å². The van der Waals surface area contributed by atoms with Crippen molar-refractivity contribution in [3.8, 4) is 0 Å². The Balaban J connectivity index is 4.15. The number of carbonyl (C=O) groups excluding carboxylic acids is 1. The fourth-order valence-electron chi connectivity index (χ4n) is 0.786. The van der Waals surface area contributed by atoms with Crippen molar-refractivity contribution in [3.05, 3.63) is 24.4 Å². The van der Waals surface area contributed by atoms with E-state index >= 15 is 0 Å². The number of hydrogen-bond donors (Lipinski definition) is 1. The summed E-state index contributed by atoms with van der Waals surface area (Å²) in [4.78, 5) is 11.2. The molecule has 0 aliphatic heterocycles. The number of rotatable bonds is 6. The maximum atomic E-state index is 11.2. The van der Waals surface area contributed by atoms with Crippen LogP contribution in [0.4, 0.5) is 0 Å². The summed E-state index contributed by atoms with van der Waals surface area (Å²) in [6, 6.07) is 0. The van der Waals surface area contributed by atoms with Crippen LogP contribution in [0.5, 0.6) is 0 Å². The molecular weight excluding hydrogens is 166 g/mol. The van der Waals surface area contributed by atoms with Crippen LogP contribution in [0, 0.1) is 0 Å². The Morgan fingerprint density at radius 3 is 2.69 bits per heavy atom. The van der Waals surface area contributed by atoms with E-state index in [0.717, 1.165) is 13.0 Å². The van der Waals surface area contributed by atoms with Crippen LogP contribution in [0.1, 0.15) is 20.3 Å². The van der Waals surface area contributed by atoms with Gasteiger partial charge in [-0.2, -0.15) is 0 Å². The smallest absolute Gasteiger partial charge is 0.354 e. The first-order chi connectivity index (χ1) is 6.26. The molecule has 13 heavy (non-hydrogen) atoms. The van der Waals surface area contributed by atoms with Gasteiger partial charge in [-0.25, -0.2) is 4.79 Å². The molecule has 0 bridgehead atoms. The van der Waals surface area contributed by atoms with Crippen molar-refractivity contribution in [3.63, 3.8) is 0 Å². The standard InChI is InChI=1S/C10H17NO2/c1-4-7-9(11-8-5-2)10(12)13-6-3/h4,7,11H,1,5-6,8H2,2-3H3. The summed E-state index contributed by atoms with van der Waals surface area (Å²) in [5.74, 6) is -0.323. The van der Waals surface area contributed by atoms with E-state index < -0.39 is 0 Å². The summed E-state index contributed by atoms with van der Waals surface area (Å²) >= 11 is 0. The molecule has 0 amide bonds. The van der Waals surface area contributed by atoms with Crippen molar-refractivity contribution < 1.29 is 9.53 Å². The monoisotopic (exact) mass is 183 g/mol. The molecule has 0 heterocycles. The molecule has 1 N–H and O–H groups in total. The van der Waals surface area contributed by atoms with Crippen LogP contribution in [-0.2, 0) is 9.53 Å². The van der Waals surface area contributed by atoms with Crippen LogP contribution in [0.2, 0.25) is 0 Å². The van der Waals surface area contributed by atoms with Crippen molar-refractivity contribution in [1.82, 2.24) is 5.32 Å². The van der Waals surface area contributed by atoms with Gasteiger partial charge in [0.15, 0.2) is 0 Å². The molecule has 0 saturated carbocycles. The quantitative estimate of drug-likeness (QED) is 0.386. The molecule has 0 atom stereocenters.